The monoisotopic (exact) mass is 525 g/mol. The number of unbranched alkanes of at least 4 members (excludes halogenated alkanes) is 1. The fourth-order valence-electron chi connectivity index (χ4n) is 3.51. The van der Waals surface area contributed by atoms with Crippen LogP contribution < -0.4 is 27.4 Å². The molecule has 5 atom stereocenters. The third kappa shape index (κ3) is 11.4. The molecule has 1 aromatic rings. The number of imidazole rings is 1. The first-order chi connectivity index (χ1) is 17.5. The number of nitrogens with two attached hydrogens (primary N) is 2. The number of aromatic amines is 1. The molecule has 14 heteroatoms. The quantitative estimate of drug-likeness (QED) is 0.107. The van der Waals surface area contributed by atoms with Gasteiger partial charge in [-0.1, -0.05) is 20.3 Å². The minimum atomic E-state index is -1.29. The Morgan fingerprint density at radius 3 is 2.16 bits per heavy atom. The number of hydrogen-bond acceptors (Lipinski definition) is 8. The van der Waals surface area contributed by atoms with Gasteiger partial charge in [-0.25, -0.2) is 9.78 Å². The van der Waals surface area contributed by atoms with Gasteiger partial charge in [0.25, 0.3) is 0 Å². The summed E-state index contributed by atoms with van der Waals surface area (Å²) in [6.45, 7) is 3.84. The molecular weight excluding hydrogens is 486 g/mol. The third-order valence-electron chi connectivity index (χ3n) is 5.97. The van der Waals surface area contributed by atoms with Gasteiger partial charge >= 0.3 is 11.9 Å². The molecule has 3 amide bonds. The fraction of sp³-hybridized carbons (Fsp3) is 0.652. The minimum absolute atomic E-state index is 0.107. The largest absolute Gasteiger partial charge is 0.481 e. The Bertz CT molecular complexity index is 894. The van der Waals surface area contributed by atoms with E-state index in [4.69, 9.17) is 16.6 Å². The van der Waals surface area contributed by atoms with Crippen molar-refractivity contribution in [1.29, 1.82) is 0 Å². The molecule has 1 aromatic heterocycles. The van der Waals surface area contributed by atoms with Crippen LogP contribution in [0.1, 0.15) is 58.1 Å². The van der Waals surface area contributed by atoms with Crippen LogP contribution in [0.15, 0.2) is 12.5 Å². The molecule has 1 rings (SSSR count). The lowest BCUT2D eigenvalue weighted by Crippen LogP contribution is -2.57. The topological polar surface area (TPSA) is 243 Å². The van der Waals surface area contributed by atoms with Crippen LogP contribution in [0, 0.1) is 5.92 Å². The number of carboxylic acid groups (broad SMARTS) is 2. The molecule has 0 saturated carbocycles. The highest BCUT2D eigenvalue weighted by atomic mass is 16.4. The van der Waals surface area contributed by atoms with Crippen molar-refractivity contribution in [1.82, 2.24) is 25.9 Å². The smallest absolute Gasteiger partial charge is 0.326 e. The molecule has 14 nitrogen and oxygen atoms in total. The van der Waals surface area contributed by atoms with Crippen molar-refractivity contribution in [3.63, 3.8) is 0 Å². The van der Waals surface area contributed by atoms with E-state index < -0.39 is 60.2 Å². The molecule has 0 aliphatic heterocycles. The summed E-state index contributed by atoms with van der Waals surface area (Å²) in [5.74, 6) is -4.91. The highest BCUT2D eigenvalue weighted by Gasteiger charge is 2.32. The highest BCUT2D eigenvalue weighted by Crippen LogP contribution is 2.10. The normalized spacial score (nSPS) is 15.0. The number of carbonyl (C=O) groups excluding carboxylic acids is 3. The van der Waals surface area contributed by atoms with E-state index in [2.05, 4.69) is 25.9 Å². The van der Waals surface area contributed by atoms with E-state index in [9.17, 15) is 29.1 Å². The van der Waals surface area contributed by atoms with Gasteiger partial charge < -0.3 is 42.6 Å². The van der Waals surface area contributed by atoms with E-state index >= 15 is 0 Å². The van der Waals surface area contributed by atoms with Gasteiger partial charge in [0.15, 0.2) is 0 Å². The molecule has 1 heterocycles. The van der Waals surface area contributed by atoms with Crippen LogP contribution in [-0.2, 0) is 30.4 Å². The number of carboxylic acids is 2. The zero-order valence-corrected chi connectivity index (χ0v) is 21.2. The molecule has 0 spiro atoms. The molecule has 208 valence electrons. The van der Waals surface area contributed by atoms with E-state index in [1.807, 2.05) is 0 Å². The van der Waals surface area contributed by atoms with Gasteiger partial charge in [0.05, 0.1) is 12.4 Å². The van der Waals surface area contributed by atoms with Crippen molar-refractivity contribution in [3.05, 3.63) is 18.2 Å². The molecule has 0 aromatic carbocycles. The number of aliphatic carboxylic acids is 2. The maximum absolute atomic E-state index is 13.1. The molecule has 0 aliphatic rings. The summed E-state index contributed by atoms with van der Waals surface area (Å²) in [6.07, 6.45) is 4.07. The lowest BCUT2D eigenvalue weighted by molar-refractivity contribution is -0.144. The summed E-state index contributed by atoms with van der Waals surface area (Å²) < 4.78 is 0. The average molecular weight is 526 g/mol. The molecule has 5 unspecified atom stereocenters. The second kappa shape index (κ2) is 16.3. The van der Waals surface area contributed by atoms with Crippen molar-refractivity contribution in [2.75, 3.05) is 6.54 Å². The number of rotatable bonds is 18. The Labute approximate surface area is 215 Å². The number of aromatic nitrogens is 2. The molecule has 0 saturated heterocycles. The van der Waals surface area contributed by atoms with Crippen molar-refractivity contribution in [2.45, 2.75) is 83.0 Å². The Balaban J connectivity index is 3.00. The van der Waals surface area contributed by atoms with Crippen LogP contribution in [0.5, 0.6) is 0 Å². The van der Waals surface area contributed by atoms with Crippen LogP contribution in [0.4, 0.5) is 0 Å². The fourth-order valence-corrected chi connectivity index (χ4v) is 3.51. The minimum Gasteiger partial charge on any atom is -0.481 e. The Morgan fingerprint density at radius 2 is 1.62 bits per heavy atom. The zero-order chi connectivity index (χ0) is 28.0. The number of carbonyl (C=O) groups is 5. The molecule has 37 heavy (non-hydrogen) atoms. The number of H-pyrrole nitrogens is 1. The van der Waals surface area contributed by atoms with Gasteiger partial charge in [-0.15, -0.1) is 0 Å². The van der Waals surface area contributed by atoms with Crippen molar-refractivity contribution in [2.24, 2.45) is 17.4 Å². The summed E-state index contributed by atoms with van der Waals surface area (Å²) in [5, 5.41) is 26.1. The van der Waals surface area contributed by atoms with E-state index in [1.54, 1.807) is 13.8 Å². The summed E-state index contributed by atoms with van der Waals surface area (Å²) in [7, 11) is 0. The lowest BCUT2D eigenvalue weighted by Gasteiger charge is -2.26. The zero-order valence-electron chi connectivity index (χ0n) is 21.2. The summed E-state index contributed by atoms with van der Waals surface area (Å²) in [4.78, 5) is 68.1. The van der Waals surface area contributed by atoms with E-state index in [-0.39, 0.29) is 25.2 Å². The summed E-state index contributed by atoms with van der Waals surface area (Å²) in [6, 6.07) is -4.61. The first-order valence-electron chi connectivity index (χ1n) is 12.3. The number of hydrogen-bond donors (Lipinski definition) is 8. The van der Waals surface area contributed by atoms with Crippen LogP contribution in [-0.4, -0.2) is 80.6 Å². The standard InChI is InChI=1S/C23H39N7O7/c1-3-13(2)19(23(36)37)30-22(35)16(6-4-5-9-24)29-21(34)17(7-8-18(31)32)28-20(33)15(25)10-14-11-26-12-27-14/h11-13,15-17,19H,3-10,24-25H2,1-2H3,(H,26,27)(H,28,33)(H,29,34)(H,30,35)(H,31,32)(H,36,37). The van der Waals surface area contributed by atoms with Crippen LogP contribution in [0.3, 0.4) is 0 Å². The molecule has 10 N–H and O–H groups in total. The first-order valence-corrected chi connectivity index (χ1v) is 12.3. The maximum Gasteiger partial charge on any atom is 0.326 e. The van der Waals surface area contributed by atoms with Crippen LogP contribution in [0.2, 0.25) is 0 Å². The molecule has 0 bridgehead atoms. The SMILES string of the molecule is CCC(C)C(NC(=O)C(CCCCN)NC(=O)C(CCC(=O)O)NC(=O)C(N)Cc1cnc[nH]1)C(=O)O. The number of nitrogens with one attached hydrogen (secondary N) is 4. The highest BCUT2D eigenvalue weighted by molar-refractivity contribution is 5.94. The summed E-state index contributed by atoms with van der Waals surface area (Å²) in [5.41, 5.74) is 12.1. The molecular formula is C23H39N7O7. The van der Waals surface area contributed by atoms with Crippen molar-refractivity contribution < 1.29 is 34.2 Å². The molecule has 0 radical (unpaired) electrons. The van der Waals surface area contributed by atoms with Gasteiger partial charge in [-0.2, -0.15) is 0 Å². The second-order valence-corrected chi connectivity index (χ2v) is 8.94. The van der Waals surface area contributed by atoms with E-state index in [1.165, 1.54) is 12.5 Å². The van der Waals surface area contributed by atoms with Gasteiger partial charge in [0.2, 0.25) is 17.7 Å². The van der Waals surface area contributed by atoms with Crippen molar-refractivity contribution >= 4 is 29.7 Å². The van der Waals surface area contributed by atoms with Crippen LogP contribution >= 0.6 is 0 Å². The van der Waals surface area contributed by atoms with Gasteiger partial charge in [-0.05, 0) is 38.1 Å². The molecule has 0 fully saturated rings. The predicted molar refractivity (Wildman–Crippen MR) is 133 cm³/mol. The lowest BCUT2D eigenvalue weighted by atomic mass is 9.98. The number of nitrogens with zero attached hydrogens (tertiary/aromatic N) is 1. The Hall–Kier alpha value is -3.52. The maximum atomic E-state index is 13.1. The van der Waals surface area contributed by atoms with Crippen LogP contribution in [0.25, 0.3) is 0 Å². The average Bonchev–Trinajstić information content (AvgIpc) is 3.36. The Morgan fingerprint density at radius 1 is 1.00 bits per heavy atom. The second-order valence-electron chi connectivity index (χ2n) is 8.94. The summed E-state index contributed by atoms with van der Waals surface area (Å²) >= 11 is 0. The first kappa shape index (κ1) is 31.5. The number of amides is 3. The Kier molecular flexibility index (Phi) is 13.9. The molecule has 0 aliphatic carbocycles. The van der Waals surface area contributed by atoms with E-state index in [0.717, 1.165) is 0 Å². The van der Waals surface area contributed by atoms with Gasteiger partial charge in [0.1, 0.15) is 18.1 Å². The van der Waals surface area contributed by atoms with Crippen molar-refractivity contribution in [3.8, 4) is 0 Å². The van der Waals surface area contributed by atoms with E-state index in [0.29, 0.717) is 31.5 Å². The predicted octanol–water partition coefficient (Wildman–Crippen LogP) is -1.14. The van der Waals surface area contributed by atoms with Gasteiger partial charge in [0, 0.05) is 24.7 Å². The van der Waals surface area contributed by atoms with Gasteiger partial charge in [-0.3, -0.25) is 19.2 Å². The third-order valence-corrected chi connectivity index (χ3v) is 5.97.